The molecular formula is C19H24N4O. The van der Waals surface area contributed by atoms with Crippen LogP contribution in [0.15, 0.2) is 30.5 Å². The fraction of sp³-hybridized carbons (Fsp3) is 0.474. The van der Waals surface area contributed by atoms with Crippen molar-refractivity contribution in [3.63, 3.8) is 0 Å². The van der Waals surface area contributed by atoms with Crippen LogP contribution < -0.4 is 5.32 Å². The van der Waals surface area contributed by atoms with Gasteiger partial charge in [-0.25, -0.2) is 4.68 Å². The van der Waals surface area contributed by atoms with E-state index in [1.54, 1.807) is 12.1 Å². The van der Waals surface area contributed by atoms with E-state index in [1.807, 2.05) is 23.0 Å². The molecule has 1 aliphatic rings. The van der Waals surface area contributed by atoms with E-state index < -0.39 is 0 Å². The molecule has 1 aromatic heterocycles. The smallest absolute Gasteiger partial charge is 0.0991 e. The van der Waals surface area contributed by atoms with Gasteiger partial charge in [0.25, 0.3) is 0 Å². The van der Waals surface area contributed by atoms with Gasteiger partial charge in [-0.2, -0.15) is 10.4 Å². The Morgan fingerprint density at radius 1 is 1.38 bits per heavy atom. The third kappa shape index (κ3) is 3.35. The van der Waals surface area contributed by atoms with Crippen molar-refractivity contribution < 1.29 is 5.11 Å². The summed E-state index contributed by atoms with van der Waals surface area (Å²) >= 11 is 0. The van der Waals surface area contributed by atoms with Crippen molar-refractivity contribution in [1.82, 2.24) is 15.1 Å². The minimum atomic E-state index is -0.160. The number of aliphatic hydroxyl groups is 1. The molecule has 0 radical (unpaired) electrons. The van der Waals surface area contributed by atoms with Crippen LogP contribution in [0.25, 0.3) is 5.69 Å². The van der Waals surface area contributed by atoms with E-state index in [0.29, 0.717) is 11.5 Å². The number of aromatic nitrogens is 2. The first-order chi connectivity index (χ1) is 11.6. The summed E-state index contributed by atoms with van der Waals surface area (Å²) in [4.78, 5) is 0. The van der Waals surface area contributed by atoms with Crippen LogP contribution in [-0.2, 0) is 0 Å². The van der Waals surface area contributed by atoms with Gasteiger partial charge in [-0.1, -0.05) is 6.42 Å². The topological polar surface area (TPSA) is 73.9 Å². The first-order valence-corrected chi connectivity index (χ1v) is 8.56. The van der Waals surface area contributed by atoms with Crippen LogP contribution in [0, 0.1) is 24.2 Å². The number of hydrogen-bond acceptors (Lipinski definition) is 4. The maximum Gasteiger partial charge on any atom is 0.0991 e. The Bertz CT molecular complexity index is 729. The molecule has 0 spiro atoms. The number of hydrogen-bond donors (Lipinski definition) is 2. The maximum atomic E-state index is 9.94. The van der Waals surface area contributed by atoms with Crippen LogP contribution in [0.4, 0.5) is 0 Å². The SMILES string of the molecule is Cc1c([C@H](C)NC[C@@H]2CCC[C@@H]2O)cnn1-c1ccc(C#N)cc1. The molecular weight excluding hydrogens is 300 g/mol. The van der Waals surface area contributed by atoms with E-state index in [4.69, 9.17) is 5.26 Å². The van der Waals surface area contributed by atoms with Gasteiger partial charge in [-0.05, 0) is 56.9 Å². The Kier molecular flexibility index (Phi) is 4.98. The van der Waals surface area contributed by atoms with Crippen LogP contribution in [0.3, 0.4) is 0 Å². The predicted molar refractivity (Wildman–Crippen MR) is 92.8 cm³/mol. The minimum Gasteiger partial charge on any atom is -0.393 e. The fourth-order valence-electron chi connectivity index (χ4n) is 3.48. The second-order valence-electron chi connectivity index (χ2n) is 6.64. The molecule has 3 atom stereocenters. The highest BCUT2D eigenvalue weighted by Crippen LogP contribution is 2.26. The maximum absolute atomic E-state index is 9.94. The van der Waals surface area contributed by atoms with Crippen molar-refractivity contribution in [2.75, 3.05) is 6.54 Å². The largest absolute Gasteiger partial charge is 0.393 e. The lowest BCUT2D eigenvalue weighted by Gasteiger charge is -2.19. The molecule has 1 aromatic carbocycles. The van der Waals surface area contributed by atoms with Gasteiger partial charge in [0.1, 0.15) is 0 Å². The number of nitrogens with zero attached hydrogens (tertiary/aromatic N) is 3. The fourth-order valence-corrected chi connectivity index (χ4v) is 3.48. The molecule has 0 amide bonds. The molecule has 24 heavy (non-hydrogen) atoms. The van der Waals surface area contributed by atoms with E-state index in [0.717, 1.165) is 42.8 Å². The number of aliphatic hydroxyl groups excluding tert-OH is 1. The lowest BCUT2D eigenvalue weighted by atomic mass is 10.0. The van der Waals surface area contributed by atoms with Crippen LogP contribution in [-0.4, -0.2) is 27.5 Å². The van der Waals surface area contributed by atoms with Gasteiger partial charge in [0.15, 0.2) is 0 Å². The van der Waals surface area contributed by atoms with E-state index >= 15 is 0 Å². The monoisotopic (exact) mass is 324 g/mol. The van der Waals surface area contributed by atoms with Gasteiger partial charge in [0.05, 0.1) is 29.6 Å². The second kappa shape index (κ2) is 7.16. The van der Waals surface area contributed by atoms with Crippen LogP contribution >= 0.6 is 0 Å². The Morgan fingerprint density at radius 3 is 2.75 bits per heavy atom. The lowest BCUT2D eigenvalue weighted by Crippen LogP contribution is -2.29. The van der Waals surface area contributed by atoms with Crippen molar-refractivity contribution >= 4 is 0 Å². The van der Waals surface area contributed by atoms with E-state index in [2.05, 4.69) is 30.3 Å². The van der Waals surface area contributed by atoms with E-state index in [-0.39, 0.29) is 12.1 Å². The molecule has 126 valence electrons. The molecule has 1 aliphatic carbocycles. The summed E-state index contributed by atoms with van der Waals surface area (Å²) in [5.41, 5.74) is 3.85. The Hall–Kier alpha value is -2.16. The number of benzene rings is 1. The number of nitrogens with one attached hydrogen (secondary N) is 1. The molecule has 3 rings (SSSR count). The first kappa shape index (κ1) is 16.7. The Labute approximate surface area is 142 Å². The van der Waals surface area contributed by atoms with Gasteiger partial charge in [-0.15, -0.1) is 0 Å². The lowest BCUT2D eigenvalue weighted by molar-refractivity contribution is 0.130. The van der Waals surface area contributed by atoms with Crippen molar-refractivity contribution in [2.24, 2.45) is 5.92 Å². The standard InChI is InChI=1S/C19H24N4O/c1-13(21-11-16-4-3-5-19(16)24)18-12-22-23(14(18)2)17-8-6-15(10-20)7-9-17/h6-9,12-13,16,19,21,24H,3-5,11H2,1-2H3/t13-,16-,19-/m0/s1. The van der Waals surface area contributed by atoms with Crippen molar-refractivity contribution in [2.45, 2.75) is 45.3 Å². The Morgan fingerprint density at radius 2 is 2.12 bits per heavy atom. The van der Waals surface area contributed by atoms with Gasteiger partial charge in [-0.3, -0.25) is 0 Å². The zero-order chi connectivity index (χ0) is 17.1. The zero-order valence-electron chi connectivity index (χ0n) is 14.2. The second-order valence-corrected chi connectivity index (χ2v) is 6.64. The van der Waals surface area contributed by atoms with E-state index in [9.17, 15) is 5.11 Å². The third-order valence-corrected chi connectivity index (χ3v) is 5.06. The van der Waals surface area contributed by atoms with E-state index in [1.165, 1.54) is 0 Å². The van der Waals surface area contributed by atoms with Crippen molar-refractivity contribution in [1.29, 1.82) is 5.26 Å². The molecule has 0 unspecified atom stereocenters. The highest BCUT2D eigenvalue weighted by molar-refractivity contribution is 5.40. The van der Waals surface area contributed by atoms with Crippen LogP contribution in [0.5, 0.6) is 0 Å². The average Bonchev–Trinajstić information content (AvgIpc) is 3.18. The molecule has 2 N–H and O–H groups in total. The van der Waals surface area contributed by atoms with Gasteiger partial charge < -0.3 is 10.4 Å². The highest BCUT2D eigenvalue weighted by atomic mass is 16.3. The van der Waals surface area contributed by atoms with Crippen LogP contribution in [0.1, 0.15) is 49.0 Å². The molecule has 1 saturated carbocycles. The highest BCUT2D eigenvalue weighted by Gasteiger charge is 2.25. The Balaban J connectivity index is 1.70. The quantitative estimate of drug-likeness (QED) is 0.887. The summed E-state index contributed by atoms with van der Waals surface area (Å²) in [5.74, 6) is 0.362. The van der Waals surface area contributed by atoms with Crippen molar-refractivity contribution in [3.05, 3.63) is 47.3 Å². The summed E-state index contributed by atoms with van der Waals surface area (Å²) in [6.07, 6.45) is 4.89. The number of rotatable bonds is 5. The summed E-state index contributed by atoms with van der Waals surface area (Å²) in [6, 6.07) is 9.75. The van der Waals surface area contributed by atoms with Gasteiger partial charge in [0, 0.05) is 23.8 Å². The molecule has 0 bridgehead atoms. The summed E-state index contributed by atoms with van der Waals surface area (Å²) in [7, 11) is 0. The first-order valence-electron chi connectivity index (χ1n) is 8.56. The zero-order valence-corrected chi connectivity index (χ0v) is 14.2. The molecule has 1 heterocycles. The summed E-state index contributed by atoms with van der Waals surface area (Å²) < 4.78 is 1.90. The molecule has 0 aliphatic heterocycles. The van der Waals surface area contributed by atoms with Gasteiger partial charge in [0.2, 0.25) is 0 Å². The minimum absolute atomic E-state index is 0.160. The molecule has 0 saturated heterocycles. The normalized spacial score (nSPS) is 21.6. The van der Waals surface area contributed by atoms with Crippen LogP contribution in [0.2, 0.25) is 0 Å². The van der Waals surface area contributed by atoms with Gasteiger partial charge >= 0.3 is 0 Å². The number of nitriles is 1. The summed E-state index contributed by atoms with van der Waals surface area (Å²) in [6.45, 7) is 5.03. The molecule has 1 fully saturated rings. The average molecular weight is 324 g/mol. The molecule has 5 nitrogen and oxygen atoms in total. The van der Waals surface area contributed by atoms with Crippen molar-refractivity contribution in [3.8, 4) is 11.8 Å². The summed E-state index contributed by atoms with van der Waals surface area (Å²) in [5, 5.41) is 26.9. The third-order valence-electron chi connectivity index (χ3n) is 5.06. The molecule has 5 heteroatoms. The predicted octanol–water partition coefficient (Wildman–Crippen LogP) is 2.86. The molecule has 2 aromatic rings.